The second-order valence-corrected chi connectivity index (χ2v) is 5.43. The number of anilines is 1. The second-order valence-electron chi connectivity index (χ2n) is 4.37. The molecule has 17 heavy (non-hydrogen) atoms. The summed E-state index contributed by atoms with van der Waals surface area (Å²) < 4.78 is 5.34. The van der Waals surface area contributed by atoms with Gasteiger partial charge in [-0.25, -0.2) is 4.98 Å². The van der Waals surface area contributed by atoms with Crippen LogP contribution < -0.4 is 4.90 Å². The van der Waals surface area contributed by atoms with Gasteiger partial charge >= 0.3 is 0 Å². The van der Waals surface area contributed by atoms with E-state index in [-0.39, 0.29) is 6.61 Å². The maximum absolute atomic E-state index is 9.40. The third-order valence-electron chi connectivity index (χ3n) is 3.22. The fourth-order valence-corrected chi connectivity index (χ4v) is 3.02. The Kier molecular flexibility index (Phi) is 4.36. The molecule has 0 saturated carbocycles. The summed E-state index contributed by atoms with van der Waals surface area (Å²) in [4.78, 5) is 7.97. The number of rotatable bonds is 4. The lowest BCUT2D eigenvalue weighted by atomic mass is 10.0. The first-order chi connectivity index (χ1) is 8.26. The maximum Gasteiger partial charge on any atom is 0.186 e. The summed E-state index contributed by atoms with van der Waals surface area (Å²) in [6, 6.07) is 0. The molecule has 2 heterocycles. The fourth-order valence-electron chi connectivity index (χ4n) is 1.93. The van der Waals surface area contributed by atoms with E-state index in [2.05, 4.69) is 18.7 Å². The van der Waals surface area contributed by atoms with Gasteiger partial charge in [0.15, 0.2) is 5.13 Å². The molecule has 1 aromatic rings. The highest BCUT2D eigenvalue weighted by molar-refractivity contribution is 7.15. The number of ether oxygens (including phenoxy) is 1. The van der Waals surface area contributed by atoms with Gasteiger partial charge in [-0.05, 0) is 12.3 Å². The van der Waals surface area contributed by atoms with Gasteiger partial charge in [-0.2, -0.15) is 0 Å². The zero-order chi connectivity index (χ0) is 12.3. The van der Waals surface area contributed by atoms with Crippen molar-refractivity contribution in [2.45, 2.75) is 32.8 Å². The molecule has 1 aliphatic rings. The van der Waals surface area contributed by atoms with E-state index >= 15 is 0 Å². The number of aliphatic hydroxyl groups excluding tert-OH is 1. The molecule has 0 aliphatic carbocycles. The van der Waals surface area contributed by atoms with Gasteiger partial charge in [0.25, 0.3) is 0 Å². The van der Waals surface area contributed by atoms with E-state index in [0.29, 0.717) is 5.92 Å². The van der Waals surface area contributed by atoms with Crippen LogP contribution in [0, 0.1) is 0 Å². The molecule has 5 heteroatoms. The molecule has 0 amide bonds. The monoisotopic (exact) mass is 256 g/mol. The van der Waals surface area contributed by atoms with Crippen molar-refractivity contribution in [2.75, 3.05) is 31.2 Å². The Labute approximate surface area is 106 Å². The van der Waals surface area contributed by atoms with Crippen molar-refractivity contribution in [2.24, 2.45) is 0 Å². The topological polar surface area (TPSA) is 45.6 Å². The second kappa shape index (κ2) is 5.80. The van der Waals surface area contributed by atoms with Crippen LogP contribution in [0.1, 0.15) is 36.8 Å². The minimum atomic E-state index is 0.0989. The lowest BCUT2D eigenvalue weighted by molar-refractivity contribution is 0.122. The van der Waals surface area contributed by atoms with Gasteiger partial charge in [0.1, 0.15) is 0 Å². The number of morpholine rings is 1. The number of nitrogens with zero attached hydrogens (tertiary/aromatic N) is 2. The fraction of sp³-hybridized carbons (Fsp3) is 0.750. The molecule has 1 fully saturated rings. The Morgan fingerprint density at radius 1 is 1.47 bits per heavy atom. The van der Waals surface area contributed by atoms with E-state index < -0.39 is 0 Å². The Morgan fingerprint density at radius 2 is 2.18 bits per heavy atom. The molecular weight excluding hydrogens is 236 g/mol. The van der Waals surface area contributed by atoms with Crippen LogP contribution in [0.25, 0.3) is 0 Å². The van der Waals surface area contributed by atoms with Crippen LogP contribution in [-0.4, -0.2) is 36.4 Å². The van der Waals surface area contributed by atoms with E-state index in [1.54, 1.807) is 11.3 Å². The van der Waals surface area contributed by atoms with Crippen LogP contribution in [-0.2, 0) is 11.3 Å². The summed E-state index contributed by atoms with van der Waals surface area (Å²) in [6.07, 6.45) is 1.05. The summed E-state index contributed by atoms with van der Waals surface area (Å²) in [5, 5.41) is 10.4. The molecule has 0 radical (unpaired) electrons. The zero-order valence-corrected chi connectivity index (χ0v) is 11.3. The van der Waals surface area contributed by atoms with E-state index in [1.807, 2.05) is 0 Å². The number of thiazole rings is 1. The maximum atomic E-state index is 9.40. The number of hydrogen-bond donors (Lipinski definition) is 1. The third kappa shape index (κ3) is 2.78. The van der Waals surface area contributed by atoms with E-state index in [4.69, 9.17) is 9.72 Å². The van der Waals surface area contributed by atoms with Gasteiger partial charge in [-0.15, -0.1) is 0 Å². The highest BCUT2D eigenvalue weighted by Crippen LogP contribution is 2.32. The standard InChI is InChI=1S/C12H20N2O2S/c1-3-9(2)11-10(8-15)17-12(13-11)14-4-6-16-7-5-14/h9,15H,3-8H2,1-2H3. The molecule has 1 aromatic heterocycles. The van der Waals surface area contributed by atoms with Crippen molar-refractivity contribution in [1.82, 2.24) is 4.98 Å². The number of hydrogen-bond acceptors (Lipinski definition) is 5. The predicted octanol–water partition coefficient (Wildman–Crippen LogP) is 1.99. The summed E-state index contributed by atoms with van der Waals surface area (Å²) in [6.45, 7) is 7.76. The van der Waals surface area contributed by atoms with E-state index in [9.17, 15) is 5.11 Å². The molecule has 0 spiro atoms. The van der Waals surface area contributed by atoms with Crippen molar-refractivity contribution in [1.29, 1.82) is 0 Å². The molecule has 0 aromatic carbocycles. The summed E-state index contributed by atoms with van der Waals surface area (Å²) in [7, 11) is 0. The van der Waals surface area contributed by atoms with Crippen molar-refractivity contribution in [3.8, 4) is 0 Å². The summed E-state index contributed by atoms with van der Waals surface area (Å²) in [5.41, 5.74) is 1.07. The quantitative estimate of drug-likeness (QED) is 0.895. The third-order valence-corrected chi connectivity index (χ3v) is 4.34. The summed E-state index contributed by atoms with van der Waals surface area (Å²) in [5.74, 6) is 0.420. The Hall–Kier alpha value is -0.650. The van der Waals surface area contributed by atoms with Crippen molar-refractivity contribution < 1.29 is 9.84 Å². The zero-order valence-electron chi connectivity index (χ0n) is 10.5. The minimum absolute atomic E-state index is 0.0989. The summed E-state index contributed by atoms with van der Waals surface area (Å²) >= 11 is 1.62. The molecule has 2 rings (SSSR count). The molecule has 4 nitrogen and oxygen atoms in total. The molecule has 96 valence electrons. The van der Waals surface area contributed by atoms with Gasteiger partial charge in [0.05, 0.1) is 30.4 Å². The van der Waals surface area contributed by atoms with Gasteiger partial charge in [-0.3, -0.25) is 0 Å². The van der Waals surface area contributed by atoms with Crippen LogP contribution in [0.3, 0.4) is 0 Å². The first-order valence-electron chi connectivity index (χ1n) is 6.19. The molecular formula is C12H20N2O2S. The van der Waals surface area contributed by atoms with E-state index in [1.165, 1.54) is 0 Å². The molecule has 1 aliphatic heterocycles. The van der Waals surface area contributed by atoms with Crippen molar-refractivity contribution >= 4 is 16.5 Å². The minimum Gasteiger partial charge on any atom is -0.391 e. The average Bonchev–Trinajstić information content (AvgIpc) is 2.83. The first-order valence-corrected chi connectivity index (χ1v) is 7.01. The van der Waals surface area contributed by atoms with Gasteiger partial charge in [-0.1, -0.05) is 25.2 Å². The molecule has 1 atom stereocenters. The van der Waals surface area contributed by atoms with Crippen molar-refractivity contribution in [3.05, 3.63) is 10.6 Å². The van der Waals surface area contributed by atoms with Gasteiger partial charge in [0.2, 0.25) is 0 Å². The highest BCUT2D eigenvalue weighted by atomic mass is 32.1. The number of aliphatic hydroxyl groups is 1. The molecule has 1 unspecified atom stereocenters. The molecule has 1 N–H and O–H groups in total. The Bertz CT molecular complexity index is 361. The highest BCUT2D eigenvalue weighted by Gasteiger charge is 2.20. The van der Waals surface area contributed by atoms with Crippen LogP contribution in [0.15, 0.2) is 0 Å². The molecule has 0 bridgehead atoms. The van der Waals surface area contributed by atoms with Crippen LogP contribution in [0.2, 0.25) is 0 Å². The lowest BCUT2D eigenvalue weighted by Gasteiger charge is -2.26. The van der Waals surface area contributed by atoms with Gasteiger partial charge in [0, 0.05) is 13.1 Å². The molecule has 1 saturated heterocycles. The first kappa shape index (κ1) is 12.8. The van der Waals surface area contributed by atoms with Gasteiger partial charge < -0.3 is 14.7 Å². The number of aromatic nitrogens is 1. The lowest BCUT2D eigenvalue weighted by Crippen LogP contribution is -2.36. The average molecular weight is 256 g/mol. The van der Waals surface area contributed by atoms with Crippen LogP contribution in [0.5, 0.6) is 0 Å². The van der Waals surface area contributed by atoms with E-state index in [0.717, 1.165) is 48.4 Å². The van der Waals surface area contributed by atoms with Crippen LogP contribution in [0.4, 0.5) is 5.13 Å². The Morgan fingerprint density at radius 3 is 2.76 bits per heavy atom. The SMILES string of the molecule is CCC(C)c1nc(N2CCOCC2)sc1CO. The smallest absolute Gasteiger partial charge is 0.186 e. The van der Waals surface area contributed by atoms with Crippen molar-refractivity contribution in [3.63, 3.8) is 0 Å². The Balaban J connectivity index is 2.20. The largest absolute Gasteiger partial charge is 0.391 e. The predicted molar refractivity (Wildman–Crippen MR) is 69.8 cm³/mol. The normalized spacial score (nSPS) is 18.4. The van der Waals surface area contributed by atoms with Crippen LogP contribution >= 0.6 is 11.3 Å².